The van der Waals surface area contributed by atoms with Gasteiger partial charge in [-0.3, -0.25) is 0 Å². The summed E-state index contributed by atoms with van der Waals surface area (Å²) in [6.07, 6.45) is 11.1. The molecule has 2 aliphatic rings. The van der Waals surface area contributed by atoms with Gasteiger partial charge in [-0.25, -0.2) is 0 Å². The van der Waals surface area contributed by atoms with Crippen LogP contribution in [0.5, 0.6) is 0 Å². The largest absolute Gasteiger partial charge is 0.344 e. The van der Waals surface area contributed by atoms with Crippen molar-refractivity contribution in [1.82, 2.24) is 0 Å². The van der Waals surface area contributed by atoms with Crippen LogP contribution in [0.4, 0.5) is 11.4 Å². The van der Waals surface area contributed by atoms with Crippen molar-refractivity contribution in [2.24, 2.45) is 0 Å². The molecule has 0 unspecified atom stereocenters. The number of hydrogen-bond acceptors (Lipinski definition) is 1. The molecule has 0 saturated heterocycles. The standard InChI is InChI=1S/C29H35N2/c1-7-30-24-18-14-12-16-22(24)28(3,4)26(30)20-10-9-11-21-27-29(5,6)23-17-13-15-19-25(23)31(27)8-2/h9-21H,7-8H2,1-6H3/q+1. The van der Waals surface area contributed by atoms with Gasteiger partial charge in [0.2, 0.25) is 5.69 Å². The number of fused-ring (bicyclic) bond motifs is 2. The zero-order valence-electron chi connectivity index (χ0n) is 19.8. The van der Waals surface area contributed by atoms with Gasteiger partial charge in [0, 0.05) is 41.1 Å². The maximum absolute atomic E-state index is 2.44. The molecule has 0 bridgehead atoms. The van der Waals surface area contributed by atoms with Crippen LogP contribution < -0.4 is 4.90 Å². The fraction of sp³-hybridized carbons (Fsp3) is 0.345. The summed E-state index contributed by atoms with van der Waals surface area (Å²) in [5, 5.41) is 0. The van der Waals surface area contributed by atoms with E-state index in [0.29, 0.717) is 0 Å². The Balaban J connectivity index is 1.60. The Morgan fingerprint density at radius 1 is 0.806 bits per heavy atom. The van der Waals surface area contributed by atoms with Gasteiger partial charge in [-0.15, -0.1) is 0 Å². The SMILES string of the molecule is CCN1/C(=C/C=C/C=C/C2=[N+](CC)c3ccccc3C2(C)C)C(C)(C)c2ccccc21. The molecule has 0 amide bonds. The van der Waals surface area contributed by atoms with Crippen molar-refractivity contribution >= 4 is 17.1 Å². The molecule has 0 N–H and O–H groups in total. The van der Waals surface area contributed by atoms with E-state index in [4.69, 9.17) is 0 Å². The van der Waals surface area contributed by atoms with Gasteiger partial charge in [-0.05, 0) is 45.4 Å². The van der Waals surface area contributed by atoms with Crippen molar-refractivity contribution in [2.45, 2.75) is 52.4 Å². The molecule has 2 aromatic rings. The van der Waals surface area contributed by atoms with E-state index in [1.807, 2.05) is 0 Å². The van der Waals surface area contributed by atoms with Gasteiger partial charge in [0.25, 0.3) is 0 Å². The number of benzene rings is 2. The van der Waals surface area contributed by atoms with Crippen LogP contribution in [0, 0.1) is 0 Å². The number of likely N-dealkylation sites (N-methyl/N-ethyl adjacent to an activating group) is 1. The summed E-state index contributed by atoms with van der Waals surface area (Å²) in [6, 6.07) is 17.6. The van der Waals surface area contributed by atoms with Gasteiger partial charge in [0.1, 0.15) is 6.54 Å². The maximum atomic E-state index is 2.44. The number of nitrogens with zero attached hydrogens (tertiary/aromatic N) is 2. The van der Waals surface area contributed by atoms with Crippen LogP contribution in [-0.4, -0.2) is 23.4 Å². The first-order valence-corrected chi connectivity index (χ1v) is 11.5. The minimum absolute atomic E-state index is 0.0174. The number of anilines is 1. The number of allylic oxidation sites excluding steroid dienone is 6. The van der Waals surface area contributed by atoms with Crippen molar-refractivity contribution in [3.63, 3.8) is 0 Å². The first kappa shape index (κ1) is 21.4. The first-order chi connectivity index (χ1) is 14.8. The smallest absolute Gasteiger partial charge is 0.209 e. The Hall–Kier alpha value is -2.87. The molecule has 0 saturated carbocycles. The zero-order valence-corrected chi connectivity index (χ0v) is 19.8. The van der Waals surface area contributed by atoms with E-state index in [-0.39, 0.29) is 10.8 Å². The molecule has 0 spiro atoms. The van der Waals surface area contributed by atoms with Crippen molar-refractivity contribution < 1.29 is 4.58 Å². The van der Waals surface area contributed by atoms with Crippen LogP contribution in [0.1, 0.15) is 52.7 Å². The van der Waals surface area contributed by atoms with Gasteiger partial charge in [-0.2, -0.15) is 4.58 Å². The molecule has 0 aliphatic carbocycles. The average molecular weight is 412 g/mol. The Kier molecular flexibility index (Phi) is 5.51. The van der Waals surface area contributed by atoms with Gasteiger partial charge < -0.3 is 4.90 Å². The van der Waals surface area contributed by atoms with Gasteiger partial charge in [0.15, 0.2) is 5.71 Å². The van der Waals surface area contributed by atoms with Crippen LogP contribution in [0.3, 0.4) is 0 Å². The Bertz CT molecular complexity index is 1110. The summed E-state index contributed by atoms with van der Waals surface area (Å²) >= 11 is 0. The lowest BCUT2D eigenvalue weighted by molar-refractivity contribution is -0.433. The number of para-hydroxylation sites is 2. The summed E-state index contributed by atoms with van der Waals surface area (Å²) in [7, 11) is 0. The second kappa shape index (κ2) is 8.00. The molecule has 0 atom stereocenters. The third-order valence-corrected chi connectivity index (χ3v) is 6.96. The molecule has 2 heterocycles. The molecule has 160 valence electrons. The normalized spacial score (nSPS) is 20.3. The van der Waals surface area contributed by atoms with Crippen LogP contribution in [0.25, 0.3) is 0 Å². The molecule has 31 heavy (non-hydrogen) atoms. The van der Waals surface area contributed by atoms with E-state index in [9.17, 15) is 0 Å². The highest BCUT2D eigenvalue weighted by Crippen LogP contribution is 2.47. The monoisotopic (exact) mass is 411 g/mol. The van der Waals surface area contributed by atoms with Crippen molar-refractivity contribution in [2.75, 3.05) is 18.0 Å². The molecule has 2 aliphatic heterocycles. The summed E-state index contributed by atoms with van der Waals surface area (Å²) in [6.45, 7) is 15.7. The molecule has 0 radical (unpaired) electrons. The van der Waals surface area contributed by atoms with Crippen LogP contribution in [-0.2, 0) is 10.8 Å². The van der Waals surface area contributed by atoms with Gasteiger partial charge in [0.05, 0.1) is 5.41 Å². The fourth-order valence-electron chi connectivity index (χ4n) is 5.32. The molecule has 0 aromatic heterocycles. The maximum Gasteiger partial charge on any atom is 0.209 e. The number of rotatable bonds is 5. The quantitative estimate of drug-likeness (QED) is 0.383. The minimum atomic E-state index is 0.0174. The number of hydrogen-bond donors (Lipinski definition) is 0. The van der Waals surface area contributed by atoms with Crippen LogP contribution in [0.15, 0.2) is 84.6 Å². The van der Waals surface area contributed by atoms with Crippen LogP contribution >= 0.6 is 0 Å². The first-order valence-electron chi connectivity index (χ1n) is 11.5. The molecule has 0 fully saturated rings. The van der Waals surface area contributed by atoms with Crippen LogP contribution in [0.2, 0.25) is 0 Å². The molecule has 2 aromatic carbocycles. The van der Waals surface area contributed by atoms with E-state index in [0.717, 1.165) is 13.1 Å². The molecule has 4 rings (SSSR count). The van der Waals surface area contributed by atoms with Crippen molar-refractivity contribution in [3.05, 3.63) is 95.7 Å². The van der Waals surface area contributed by atoms with E-state index in [1.54, 1.807) is 0 Å². The van der Waals surface area contributed by atoms with Crippen molar-refractivity contribution in [3.8, 4) is 0 Å². The van der Waals surface area contributed by atoms with Crippen molar-refractivity contribution in [1.29, 1.82) is 0 Å². The summed E-state index contributed by atoms with van der Waals surface area (Å²) in [5.41, 5.74) is 8.25. The van der Waals surface area contributed by atoms with E-state index >= 15 is 0 Å². The lowest BCUT2D eigenvalue weighted by Crippen LogP contribution is -2.27. The minimum Gasteiger partial charge on any atom is -0.344 e. The average Bonchev–Trinajstić information content (AvgIpc) is 3.12. The molecular weight excluding hydrogens is 376 g/mol. The predicted molar refractivity (Wildman–Crippen MR) is 134 cm³/mol. The summed E-state index contributed by atoms with van der Waals surface area (Å²) < 4.78 is 2.44. The predicted octanol–water partition coefficient (Wildman–Crippen LogP) is 6.90. The second-order valence-corrected chi connectivity index (χ2v) is 9.45. The molecule has 2 nitrogen and oxygen atoms in total. The second-order valence-electron chi connectivity index (χ2n) is 9.45. The van der Waals surface area contributed by atoms with Gasteiger partial charge in [-0.1, -0.05) is 68.5 Å². The third kappa shape index (κ3) is 3.39. The Labute approximate surface area is 187 Å². The summed E-state index contributed by atoms with van der Waals surface area (Å²) in [5.74, 6) is 0. The van der Waals surface area contributed by atoms with E-state index < -0.39 is 0 Å². The Morgan fingerprint density at radius 3 is 2.19 bits per heavy atom. The highest BCUT2D eigenvalue weighted by Gasteiger charge is 2.43. The van der Waals surface area contributed by atoms with E-state index in [2.05, 4.69) is 130 Å². The highest BCUT2D eigenvalue weighted by atomic mass is 15.2. The molecular formula is C29H35N2+. The summed E-state index contributed by atoms with van der Waals surface area (Å²) in [4.78, 5) is 2.44. The third-order valence-electron chi connectivity index (χ3n) is 6.96. The van der Waals surface area contributed by atoms with E-state index in [1.165, 1.54) is 33.9 Å². The highest BCUT2D eigenvalue weighted by molar-refractivity contribution is 6.03. The zero-order chi connectivity index (χ0) is 22.2. The fourth-order valence-corrected chi connectivity index (χ4v) is 5.32. The topological polar surface area (TPSA) is 6.25 Å². The van der Waals surface area contributed by atoms with Gasteiger partial charge >= 0.3 is 0 Å². The lowest BCUT2D eigenvalue weighted by Gasteiger charge is -2.25. The molecule has 2 heteroatoms. The lowest BCUT2D eigenvalue weighted by atomic mass is 9.81. The Morgan fingerprint density at radius 2 is 1.48 bits per heavy atom.